The number of dihydropyridines is 1. The number of anilines is 3. The number of hydrogen-bond donors (Lipinski definition) is 2. The lowest BCUT2D eigenvalue weighted by Gasteiger charge is -2.45. The fourth-order valence-corrected chi connectivity index (χ4v) is 5.36. The molecule has 0 saturated carbocycles. The predicted molar refractivity (Wildman–Crippen MR) is 198 cm³/mol. The third-order valence-corrected chi connectivity index (χ3v) is 7.44. The molecule has 0 spiro atoms. The Kier molecular flexibility index (Phi) is 14.5. The van der Waals surface area contributed by atoms with Crippen LogP contribution in [0.4, 0.5) is 17.2 Å². The van der Waals surface area contributed by atoms with Crippen molar-refractivity contribution in [2.45, 2.75) is 33.7 Å². The highest BCUT2D eigenvalue weighted by molar-refractivity contribution is 6.00. The molecule has 0 aliphatic carbocycles. The molecule has 3 aliphatic heterocycles. The molecule has 10 nitrogen and oxygen atoms in total. The van der Waals surface area contributed by atoms with Gasteiger partial charge >= 0.3 is 0 Å². The minimum absolute atomic E-state index is 0.0475. The van der Waals surface area contributed by atoms with E-state index in [1.807, 2.05) is 100 Å². The number of amides is 1. The highest BCUT2D eigenvalue weighted by Gasteiger charge is 2.35. The summed E-state index contributed by atoms with van der Waals surface area (Å²) in [6.45, 7) is 15.3. The van der Waals surface area contributed by atoms with Crippen molar-refractivity contribution < 1.29 is 14.3 Å². The van der Waals surface area contributed by atoms with Crippen LogP contribution in [0.5, 0.6) is 11.5 Å². The summed E-state index contributed by atoms with van der Waals surface area (Å²) in [6, 6.07) is 10.2. The molecule has 1 fully saturated rings. The second-order valence-corrected chi connectivity index (χ2v) is 11.1. The Morgan fingerprint density at radius 3 is 2.67 bits per heavy atom. The Labute approximate surface area is 285 Å². The first-order valence-electron chi connectivity index (χ1n) is 16.2. The molecule has 3 aromatic rings. The molecule has 10 heteroatoms. The van der Waals surface area contributed by atoms with E-state index in [4.69, 9.17) is 9.47 Å². The van der Waals surface area contributed by atoms with Gasteiger partial charge in [-0.3, -0.25) is 4.79 Å². The first kappa shape index (κ1) is 37.2. The Hall–Kier alpha value is -5.27. The molecule has 4 heterocycles. The first-order chi connectivity index (χ1) is 23.4. The normalized spacial score (nSPS) is 15.9. The molecule has 1 aromatic heterocycles. The quantitative estimate of drug-likeness (QED) is 0.180. The highest BCUT2D eigenvalue weighted by Crippen LogP contribution is 2.43. The lowest BCUT2D eigenvalue weighted by Crippen LogP contribution is -2.58. The van der Waals surface area contributed by atoms with Crippen molar-refractivity contribution in [3.8, 4) is 24.3 Å². The third kappa shape index (κ3) is 9.39. The molecule has 2 N–H and O–H groups in total. The van der Waals surface area contributed by atoms with E-state index in [1.165, 1.54) is 0 Å². The number of likely N-dealkylation sites (N-methyl/N-ethyl adjacent to an activating group) is 1. The molecule has 48 heavy (non-hydrogen) atoms. The van der Waals surface area contributed by atoms with Crippen molar-refractivity contribution in [3.05, 3.63) is 91.1 Å². The topological polar surface area (TPSA) is 95.1 Å². The van der Waals surface area contributed by atoms with Crippen molar-refractivity contribution in [2.75, 3.05) is 63.6 Å². The molecule has 6 rings (SSSR count). The number of carbonyl (C=O) groups excluding carboxylic acids is 1. The molecule has 1 atom stereocenters. The predicted octanol–water partition coefficient (Wildman–Crippen LogP) is 6.06. The molecule has 1 amide bonds. The van der Waals surface area contributed by atoms with Gasteiger partial charge in [-0.2, -0.15) is 0 Å². The van der Waals surface area contributed by atoms with E-state index in [-0.39, 0.29) is 11.9 Å². The third-order valence-electron chi connectivity index (χ3n) is 7.44. The maximum absolute atomic E-state index is 12.8. The lowest BCUT2D eigenvalue weighted by atomic mass is 10.1. The van der Waals surface area contributed by atoms with Crippen LogP contribution in [0.3, 0.4) is 0 Å². The summed E-state index contributed by atoms with van der Waals surface area (Å²) in [5, 5.41) is 7.45. The van der Waals surface area contributed by atoms with E-state index in [1.54, 1.807) is 18.5 Å². The van der Waals surface area contributed by atoms with Crippen LogP contribution in [0.25, 0.3) is 10.9 Å². The summed E-state index contributed by atoms with van der Waals surface area (Å²) in [5.41, 5.74) is 3.71. The minimum atomic E-state index is 0.0475. The fraction of sp³-hybridized carbons (Fsp3) is 0.342. The molecule has 254 valence electrons. The van der Waals surface area contributed by atoms with Crippen LogP contribution in [0, 0.1) is 19.8 Å². The van der Waals surface area contributed by atoms with E-state index in [0.29, 0.717) is 25.5 Å². The maximum atomic E-state index is 12.8. The molecule has 0 radical (unpaired) electrons. The molecule has 2 aromatic carbocycles. The number of ether oxygens (including phenoxy) is 2. The Bertz CT molecular complexity index is 1640. The highest BCUT2D eigenvalue weighted by atomic mass is 16.5. The molecule has 0 bridgehead atoms. The van der Waals surface area contributed by atoms with E-state index in [2.05, 4.69) is 51.0 Å². The van der Waals surface area contributed by atoms with Crippen LogP contribution in [0.15, 0.2) is 85.6 Å². The van der Waals surface area contributed by atoms with Crippen LogP contribution in [-0.4, -0.2) is 85.1 Å². The Balaban J connectivity index is 0.000000832. The van der Waals surface area contributed by atoms with Crippen LogP contribution in [0.1, 0.15) is 26.3 Å². The average Bonchev–Trinajstić information content (AvgIpc) is 3.11. The van der Waals surface area contributed by atoms with Gasteiger partial charge in [-0.25, -0.2) is 9.97 Å². The lowest BCUT2D eigenvalue weighted by molar-refractivity contribution is -0.127. The van der Waals surface area contributed by atoms with Gasteiger partial charge in [-0.15, -0.1) is 19.4 Å². The standard InChI is InChI=1S/C31H35N7O3.C3H6.C2H6.C2H2/c1-21-17-22(6-9-27(21)41-24-10-12-32-13-11-24)35-31-29-25(33-20-34-31)7-8-26-30(29)40-19-23-18-37(15-16-38(23)26)28(39)5-4-14-36(2)3;1-3-2;2*1-2/h4-12,17,20,23,32H,13-16,18-19H2,1-3H3,(H,33,34,35);3H,1H2,2H3;1-2H3;1-2H/b5-4+;;;. The summed E-state index contributed by atoms with van der Waals surface area (Å²) in [4.78, 5) is 28.2. The summed E-state index contributed by atoms with van der Waals surface area (Å²) in [6.07, 6.45) is 20.7. The van der Waals surface area contributed by atoms with E-state index in [0.717, 1.165) is 64.7 Å². The zero-order valence-electron chi connectivity index (χ0n) is 29.1. The summed E-state index contributed by atoms with van der Waals surface area (Å²) in [7, 11) is 3.97. The molecule has 1 saturated heterocycles. The number of piperazine rings is 1. The largest absolute Gasteiger partial charge is 0.488 e. The van der Waals surface area contributed by atoms with Gasteiger partial charge in [0.25, 0.3) is 0 Å². The van der Waals surface area contributed by atoms with Crippen molar-refractivity contribution in [2.24, 2.45) is 0 Å². The number of carbonyl (C=O) groups is 1. The summed E-state index contributed by atoms with van der Waals surface area (Å²) >= 11 is 0. The molecular weight excluding hydrogens is 602 g/mol. The van der Waals surface area contributed by atoms with Gasteiger partial charge in [0.2, 0.25) is 5.91 Å². The zero-order valence-corrected chi connectivity index (χ0v) is 29.1. The number of terminal acetylenes is 1. The molecular formula is C38H49N7O3. The smallest absolute Gasteiger partial charge is 0.246 e. The van der Waals surface area contributed by atoms with Crippen LogP contribution in [0.2, 0.25) is 0 Å². The van der Waals surface area contributed by atoms with Gasteiger partial charge in [0, 0.05) is 50.7 Å². The number of benzene rings is 2. The average molecular weight is 652 g/mol. The van der Waals surface area contributed by atoms with Gasteiger partial charge in [-0.05, 0) is 76.0 Å². The van der Waals surface area contributed by atoms with Crippen molar-refractivity contribution in [1.82, 2.24) is 25.1 Å². The fourth-order valence-electron chi connectivity index (χ4n) is 5.36. The molecule has 3 aliphatic rings. The first-order valence-corrected chi connectivity index (χ1v) is 16.2. The number of rotatable bonds is 7. The number of fused-ring (bicyclic) bond motifs is 5. The second-order valence-electron chi connectivity index (χ2n) is 11.1. The van der Waals surface area contributed by atoms with Crippen molar-refractivity contribution >= 4 is 34.0 Å². The number of nitrogens with one attached hydrogen (secondary N) is 2. The van der Waals surface area contributed by atoms with Gasteiger partial charge in [0.1, 0.15) is 30.3 Å². The summed E-state index contributed by atoms with van der Waals surface area (Å²) < 4.78 is 12.5. The number of aromatic nitrogens is 2. The number of hydrogen-bond acceptors (Lipinski definition) is 9. The number of aryl methyl sites for hydroxylation is 1. The summed E-state index contributed by atoms with van der Waals surface area (Å²) in [5.74, 6) is 3.13. The van der Waals surface area contributed by atoms with Crippen LogP contribution in [-0.2, 0) is 4.79 Å². The number of nitrogens with zero attached hydrogens (tertiary/aromatic N) is 5. The van der Waals surface area contributed by atoms with Gasteiger partial charge in [-0.1, -0.05) is 26.0 Å². The van der Waals surface area contributed by atoms with Crippen LogP contribution >= 0.6 is 0 Å². The Morgan fingerprint density at radius 2 is 1.98 bits per heavy atom. The van der Waals surface area contributed by atoms with Crippen molar-refractivity contribution in [1.29, 1.82) is 0 Å². The van der Waals surface area contributed by atoms with Gasteiger partial charge in [0.05, 0.1) is 22.6 Å². The number of allylic oxidation sites excluding steroid dienone is 2. The van der Waals surface area contributed by atoms with Crippen LogP contribution < -0.4 is 25.0 Å². The van der Waals surface area contributed by atoms with Crippen molar-refractivity contribution in [3.63, 3.8) is 0 Å². The van der Waals surface area contributed by atoms with E-state index < -0.39 is 0 Å². The molecule has 1 unspecified atom stereocenters. The maximum Gasteiger partial charge on any atom is 0.246 e. The van der Waals surface area contributed by atoms with E-state index >= 15 is 0 Å². The monoisotopic (exact) mass is 651 g/mol. The zero-order chi connectivity index (χ0) is 35.1. The van der Waals surface area contributed by atoms with Gasteiger partial charge < -0.3 is 34.8 Å². The van der Waals surface area contributed by atoms with E-state index in [9.17, 15) is 4.79 Å². The minimum Gasteiger partial charge on any atom is -0.488 e. The van der Waals surface area contributed by atoms with Gasteiger partial charge in [0.15, 0.2) is 5.75 Å². The second kappa shape index (κ2) is 18.8. The Morgan fingerprint density at radius 1 is 1.21 bits per heavy atom. The SMILES string of the molecule is C#C.C=CC.CC.Cc1cc(Nc2ncnc3ccc4c(c23)OCC2CN(C(=O)/C=C/CN(C)C)CCN42)ccc1OC1=CCNC=C1.